The highest BCUT2D eigenvalue weighted by Crippen LogP contribution is 2.61. The summed E-state index contributed by atoms with van der Waals surface area (Å²) in [4.78, 5) is 36.0. The molecule has 7 rings (SSSR count). The third-order valence-corrected chi connectivity index (χ3v) is 12.5. The number of aliphatic hydroxyl groups is 2. The van der Waals surface area contributed by atoms with Crippen molar-refractivity contribution in [2.24, 2.45) is 29.1 Å². The monoisotopic (exact) mass is 676 g/mol. The average Bonchev–Trinajstić information content (AvgIpc) is 3.71. The Morgan fingerprint density at radius 2 is 1.94 bits per heavy atom. The summed E-state index contributed by atoms with van der Waals surface area (Å²) in [5, 5.41) is 29.2. The number of nitrogens with zero attached hydrogens (tertiary/aromatic N) is 2. The number of carbonyl (C=O) groups excluding carboxylic acids is 2. The van der Waals surface area contributed by atoms with Crippen molar-refractivity contribution in [2.75, 3.05) is 33.4 Å². The van der Waals surface area contributed by atoms with Gasteiger partial charge in [0, 0.05) is 41.2 Å². The van der Waals surface area contributed by atoms with E-state index in [4.69, 9.17) is 9.57 Å². The molecule has 0 unspecified atom stereocenters. The Labute approximate surface area is 291 Å². The summed E-state index contributed by atoms with van der Waals surface area (Å²) >= 11 is 0. The lowest BCUT2D eigenvalue weighted by Crippen LogP contribution is -2.62. The standard InChI is InChI=1S/C39H56N4O6/c1-7-42-16-10-14-29(42)20-40-37(46)26-12-8-11-25(17-26)30-15-9-13-27(36(30)48-6)21-43-35(34(24(3)45)33(22-44)49-43)38(47)41-32-19-28-18-31(23(32)2)39(28,4)5/h8-9,11-13,15,17,23-24,28-29,31-35,44-45H,7,10,14,16,18-22H2,1-6H3,(H,40,46)(H,41,47)/t23-,24-,28-,29-,31+,32-,33-,34+,35-/m0/s1. The smallest absolute Gasteiger partial charge is 0.251 e. The third kappa shape index (κ3) is 6.87. The molecule has 2 saturated heterocycles. The zero-order valence-corrected chi connectivity index (χ0v) is 30.0. The van der Waals surface area contributed by atoms with E-state index in [1.165, 1.54) is 6.42 Å². The van der Waals surface area contributed by atoms with Crippen LogP contribution in [0.25, 0.3) is 11.1 Å². The SMILES string of the molecule is CCN1CCC[C@H]1CNC(=O)c1cccc(-c2cccc(CN3O[C@@H](CO)[C@@H]([C@H](C)O)[C@H]3C(=O)N[C@H]3C[C@@H]4C[C@H]([C@@H]3C)C4(C)C)c2OC)c1. The summed E-state index contributed by atoms with van der Waals surface area (Å²) in [5.41, 5.74) is 3.30. The molecule has 49 heavy (non-hydrogen) atoms. The predicted molar refractivity (Wildman–Crippen MR) is 189 cm³/mol. The first-order valence-corrected chi connectivity index (χ1v) is 18.3. The van der Waals surface area contributed by atoms with Crippen LogP contribution in [0.3, 0.4) is 0 Å². The van der Waals surface area contributed by atoms with Gasteiger partial charge in [0.1, 0.15) is 17.9 Å². The first-order chi connectivity index (χ1) is 23.5. The van der Waals surface area contributed by atoms with Crippen LogP contribution in [0.2, 0.25) is 0 Å². The van der Waals surface area contributed by atoms with Crippen molar-refractivity contribution in [3.05, 3.63) is 53.6 Å². The molecule has 3 saturated carbocycles. The van der Waals surface area contributed by atoms with Gasteiger partial charge in [-0.1, -0.05) is 58.0 Å². The molecule has 2 aromatic rings. The summed E-state index contributed by atoms with van der Waals surface area (Å²) < 4.78 is 5.99. The number of likely N-dealkylation sites (tertiary alicyclic amines) is 1. The number of likely N-dealkylation sites (N-methyl/N-ethyl adjacent to an activating group) is 1. The van der Waals surface area contributed by atoms with Gasteiger partial charge in [-0.15, -0.1) is 0 Å². The zero-order valence-electron chi connectivity index (χ0n) is 30.0. The van der Waals surface area contributed by atoms with Crippen LogP contribution >= 0.6 is 0 Å². The molecule has 0 aromatic heterocycles. The van der Waals surface area contributed by atoms with Gasteiger partial charge in [-0.05, 0) is 86.6 Å². The van der Waals surface area contributed by atoms with Gasteiger partial charge < -0.3 is 25.6 Å². The second kappa shape index (κ2) is 14.7. The maximum atomic E-state index is 14.1. The van der Waals surface area contributed by atoms with Crippen LogP contribution in [0, 0.1) is 29.1 Å². The number of nitrogens with one attached hydrogen (secondary N) is 2. The number of benzene rings is 2. The lowest BCUT2D eigenvalue weighted by molar-refractivity contribution is -0.183. The second-order valence-corrected chi connectivity index (χ2v) is 15.4. The van der Waals surface area contributed by atoms with Gasteiger partial charge in [-0.25, -0.2) is 0 Å². The summed E-state index contributed by atoms with van der Waals surface area (Å²) in [6.07, 6.45) is 2.80. The molecule has 2 amide bonds. The summed E-state index contributed by atoms with van der Waals surface area (Å²) in [7, 11) is 1.61. The lowest BCUT2D eigenvalue weighted by Gasteiger charge is -2.62. The number of methoxy groups -OCH3 is 1. The number of amides is 2. The molecule has 9 atom stereocenters. The molecule has 10 nitrogen and oxygen atoms in total. The van der Waals surface area contributed by atoms with Gasteiger partial charge in [0.15, 0.2) is 0 Å². The van der Waals surface area contributed by atoms with Crippen molar-refractivity contribution in [3.8, 4) is 16.9 Å². The molecule has 268 valence electrons. The fourth-order valence-corrected chi connectivity index (χ4v) is 9.51. The van der Waals surface area contributed by atoms with E-state index in [9.17, 15) is 19.8 Å². The van der Waals surface area contributed by atoms with E-state index in [-0.39, 0.29) is 31.0 Å². The molecule has 0 radical (unpaired) electrons. The molecular weight excluding hydrogens is 620 g/mol. The van der Waals surface area contributed by atoms with Gasteiger partial charge >= 0.3 is 0 Å². The molecule has 10 heteroatoms. The van der Waals surface area contributed by atoms with Crippen LogP contribution in [0.4, 0.5) is 0 Å². The van der Waals surface area contributed by atoms with E-state index in [1.807, 2.05) is 42.5 Å². The van der Waals surface area contributed by atoms with Crippen molar-refractivity contribution in [2.45, 2.75) is 97.2 Å². The van der Waals surface area contributed by atoms with Crippen molar-refractivity contribution >= 4 is 11.8 Å². The minimum Gasteiger partial charge on any atom is -0.496 e. The number of hydrogen-bond donors (Lipinski definition) is 4. The van der Waals surface area contributed by atoms with E-state index in [2.05, 4.69) is 43.2 Å². The molecule has 2 aliphatic heterocycles. The van der Waals surface area contributed by atoms with Gasteiger partial charge in [-0.3, -0.25) is 19.3 Å². The summed E-state index contributed by atoms with van der Waals surface area (Å²) in [6.45, 7) is 13.3. The van der Waals surface area contributed by atoms with Gasteiger partial charge in [-0.2, -0.15) is 5.06 Å². The summed E-state index contributed by atoms with van der Waals surface area (Å²) in [6, 6.07) is 13.0. The van der Waals surface area contributed by atoms with E-state index in [0.29, 0.717) is 47.1 Å². The highest BCUT2D eigenvalue weighted by Gasteiger charge is 2.57. The molecule has 3 aliphatic carbocycles. The number of aliphatic hydroxyl groups excluding tert-OH is 2. The normalized spacial score (nSPS) is 31.6. The molecular formula is C39H56N4O6. The molecule has 0 spiro atoms. The molecule has 4 N–H and O–H groups in total. The van der Waals surface area contributed by atoms with Crippen LogP contribution in [0.15, 0.2) is 42.5 Å². The quantitative estimate of drug-likeness (QED) is 0.264. The van der Waals surface area contributed by atoms with Crippen molar-refractivity contribution in [3.63, 3.8) is 0 Å². The second-order valence-electron chi connectivity index (χ2n) is 15.4. The van der Waals surface area contributed by atoms with Gasteiger partial charge in [0.2, 0.25) is 5.91 Å². The molecule has 5 fully saturated rings. The topological polar surface area (TPSA) is 124 Å². The Kier molecular flexibility index (Phi) is 10.7. The first kappa shape index (κ1) is 35.8. The van der Waals surface area contributed by atoms with Crippen molar-refractivity contribution in [1.29, 1.82) is 0 Å². The van der Waals surface area contributed by atoms with Gasteiger partial charge in [0.25, 0.3) is 5.91 Å². The van der Waals surface area contributed by atoms with Crippen molar-refractivity contribution < 1.29 is 29.4 Å². The van der Waals surface area contributed by atoms with Crippen LogP contribution < -0.4 is 15.4 Å². The van der Waals surface area contributed by atoms with Crippen molar-refractivity contribution in [1.82, 2.24) is 20.6 Å². The molecule has 2 aromatic carbocycles. The predicted octanol–water partition coefficient (Wildman–Crippen LogP) is 4.24. The summed E-state index contributed by atoms with van der Waals surface area (Å²) in [5.74, 6) is 1.20. The van der Waals surface area contributed by atoms with Crippen LogP contribution in [0.5, 0.6) is 5.75 Å². The molecule has 2 heterocycles. The number of carbonyl (C=O) groups is 2. The van der Waals surface area contributed by atoms with Gasteiger partial charge in [0.05, 0.1) is 26.4 Å². The Bertz CT molecular complexity index is 1500. The highest BCUT2D eigenvalue weighted by molar-refractivity contribution is 5.95. The number of rotatable bonds is 12. The maximum Gasteiger partial charge on any atom is 0.251 e. The Hall–Kier alpha value is -3.02. The molecule has 5 aliphatic rings. The number of ether oxygens (including phenoxy) is 1. The number of hydrogen-bond acceptors (Lipinski definition) is 8. The van der Waals surface area contributed by atoms with Crippen LogP contribution in [-0.4, -0.2) is 95.7 Å². The number of hydroxylamine groups is 2. The minimum atomic E-state index is -0.880. The maximum absolute atomic E-state index is 14.1. The lowest BCUT2D eigenvalue weighted by atomic mass is 9.45. The van der Waals surface area contributed by atoms with E-state index < -0.39 is 24.2 Å². The van der Waals surface area contributed by atoms with E-state index in [0.717, 1.165) is 49.0 Å². The van der Waals surface area contributed by atoms with Crippen LogP contribution in [0.1, 0.15) is 76.2 Å². The number of para-hydroxylation sites is 1. The average molecular weight is 677 g/mol. The largest absolute Gasteiger partial charge is 0.496 e. The third-order valence-electron chi connectivity index (χ3n) is 12.5. The zero-order chi connectivity index (χ0) is 35.0. The fourth-order valence-electron chi connectivity index (χ4n) is 9.51. The minimum absolute atomic E-state index is 0.0556. The van der Waals surface area contributed by atoms with E-state index >= 15 is 0 Å². The first-order valence-electron chi connectivity index (χ1n) is 18.3. The Morgan fingerprint density at radius 1 is 1.16 bits per heavy atom. The Morgan fingerprint density at radius 3 is 2.61 bits per heavy atom. The van der Waals surface area contributed by atoms with Crippen LogP contribution in [-0.2, 0) is 16.2 Å². The molecule has 2 bridgehead atoms. The number of fused-ring (bicyclic) bond motifs is 2. The fraction of sp³-hybridized carbons (Fsp3) is 0.641. The van der Waals surface area contributed by atoms with E-state index in [1.54, 1.807) is 19.1 Å². The highest BCUT2D eigenvalue weighted by atomic mass is 16.7. The Balaban J connectivity index is 1.21.